The maximum Gasteiger partial charge on any atom is 0.338 e. The molecule has 15 heteroatoms. The number of benzene rings is 1. The van der Waals surface area contributed by atoms with Gasteiger partial charge in [-0.15, -0.1) is 11.3 Å². The van der Waals surface area contributed by atoms with Crippen LogP contribution in [-0.4, -0.2) is 66.5 Å². The molecule has 1 unspecified atom stereocenters. The molecular formula is C29H33BrF2N4O6S2. The lowest BCUT2D eigenvalue weighted by Crippen LogP contribution is -2.50. The molecule has 3 aliphatic rings. The highest BCUT2D eigenvalue weighted by Crippen LogP contribution is 2.42. The molecule has 2 aliphatic heterocycles. The van der Waals surface area contributed by atoms with Crippen molar-refractivity contribution >= 4 is 55.1 Å². The number of aromatic nitrogens is 1. The van der Waals surface area contributed by atoms with Gasteiger partial charge in [0.15, 0.2) is 22.5 Å². The van der Waals surface area contributed by atoms with Crippen LogP contribution in [0.4, 0.5) is 8.78 Å². The molecule has 1 N–H and O–H groups in total. The molecule has 0 amide bonds. The number of hydrogen-bond acceptors (Lipinski definition) is 10. The molecule has 10 nitrogen and oxygen atoms in total. The summed E-state index contributed by atoms with van der Waals surface area (Å²) in [7, 11) is -2.43. The quantitative estimate of drug-likeness (QED) is 0.318. The summed E-state index contributed by atoms with van der Waals surface area (Å²) in [6, 6.07) is 1.28. The number of carbonyl (C=O) groups excluding carboxylic acids is 2. The Morgan fingerprint density at radius 3 is 2.43 bits per heavy atom. The first-order valence-corrected chi connectivity index (χ1v) is 17.3. The number of methoxy groups -OCH3 is 1. The lowest BCUT2D eigenvalue weighted by molar-refractivity contribution is -0.162. The van der Waals surface area contributed by atoms with Crippen LogP contribution in [0, 0.1) is 23.5 Å². The van der Waals surface area contributed by atoms with E-state index in [-0.39, 0.29) is 53.4 Å². The topological polar surface area (TPSA) is 127 Å². The highest BCUT2D eigenvalue weighted by Gasteiger charge is 2.47. The van der Waals surface area contributed by atoms with E-state index in [9.17, 15) is 26.8 Å². The SMILES string of the molecule is COC(=O)C1=C(C2CCN(S(=O)(=O)[C@H]3C[C@H](C(=O)OC(C)(C)C)C3)CC2)NC(c2nccs2)=NC1c1ccc(F)c(F)c1Br. The normalized spacial score (nSPS) is 23.4. The number of allylic oxidation sites excluding steroid dienone is 1. The van der Waals surface area contributed by atoms with Gasteiger partial charge in [0, 0.05) is 36.3 Å². The Balaban J connectivity index is 1.39. The molecule has 0 radical (unpaired) electrons. The fourth-order valence-corrected chi connectivity index (χ4v) is 8.86. The second-order valence-electron chi connectivity index (χ2n) is 12.0. The van der Waals surface area contributed by atoms with E-state index in [1.807, 2.05) is 0 Å². The Morgan fingerprint density at radius 2 is 1.84 bits per heavy atom. The van der Waals surface area contributed by atoms with Crippen molar-refractivity contribution in [2.24, 2.45) is 16.8 Å². The van der Waals surface area contributed by atoms with E-state index in [4.69, 9.17) is 14.5 Å². The van der Waals surface area contributed by atoms with Crippen LogP contribution in [0.3, 0.4) is 0 Å². The molecule has 1 aromatic heterocycles. The Hall–Kier alpha value is -2.75. The van der Waals surface area contributed by atoms with Gasteiger partial charge in [-0.05, 0) is 74.0 Å². The maximum atomic E-state index is 14.7. The second kappa shape index (κ2) is 12.6. The van der Waals surface area contributed by atoms with Crippen molar-refractivity contribution in [3.8, 4) is 0 Å². The van der Waals surface area contributed by atoms with Crippen molar-refractivity contribution in [1.29, 1.82) is 0 Å². The summed E-state index contributed by atoms with van der Waals surface area (Å²) in [4.78, 5) is 34.7. The smallest absolute Gasteiger partial charge is 0.338 e. The molecule has 2 aromatic rings. The second-order valence-corrected chi connectivity index (χ2v) is 15.9. The molecule has 1 saturated carbocycles. The van der Waals surface area contributed by atoms with Crippen molar-refractivity contribution in [1.82, 2.24) is 14.6 Å². The number of hydrogen-bond donors (Lipinski definition) is 1. The van der Waals surface area contributed by atoms with Gasteiger partial charge >= 0.3 is 11.9 Å². The number of rotatable bonds is 7. The van der Waals surface area contributed by atoms with Crippen LogP contribution < -0.4 is 5.32 Å². The van der Waals surface area contributed by atoms with Gasteiger partial charge in [0.05, 0.1) is 28.3 Å². The summed E-state index contributed by atoms with van der Waals surface area (Å²) >= 11 is 4.45. The maximum absolute atomic E-state index is 14.7. The lowest BCUT2D eigenvalue weighted by atomic mass is 9.85. The number of nitrogens with zero attached hydrogens (tertiary/aromatic N) is 3. The molecule has 1 aromatic carbocycles. The third kappa shape index (κ3) is 6.46. The zero-order chi connectivity index (χ0) is 32.0. The van der Waals surface area contributed by atoms with Crippen LogP contribution in [0.25, 0.3) is 0 Å². The fraction of sp³-hybridized carbons (Fsp3) is 0.517. The van der Waals surface area contributed by atoms with Gasteiger partial charge in [-0.25, -0.2) is 31.3 Å². The van der Waals surface area contributed by atoms with Crippen LogP contribution in [-0.2, 0) is 29.1 Å². The molecular weight excluding hydrogens is 682 g/mol. The molecule has 44 heavy (non-hydrogen) atoms. The fourth-order valence-electron chi connectivity index (χ4n) is 5.64. The summed E-state index contributed by atoms with van der Waals surface area (Å²) in [5.41, 5.74) is 0.184. The first-order valence-electron chi connectivity index (χ1n) is 14.1. The van der Waals surface area contributed by atoms with E-state index < -0.39 is 50.4 Å². The number of carbonyl (C=O) groups is 2. The average Bonchev–Trinajstić information content (AvgIpc) is 3.48. The predicted octanol–water partition coefficient (Wildman–Crippen LogP) is 4.86. The van der Waals surface area contributed by atoms with Gasteiger partial charge in [0.1, 0.15) is 11.6 Å². The zero-order valence-electron chi connectivity index (χ0n) is 24.6. The number of ether oxygens (including phenoxy) is 2. The zero-order valence-corrected chi connectivity index (χ0v) is 27.8. The number of esters is 2. The molecule has 1 atom stereocenters. The molecule has 3 heterocycles. The van der Waals surface area contributed by atoms with E-state index in [0.29, 0.717) is 29.4 Å². The Labute approximate surface area is 267 Å². The predicted molar refractivity (Wildman–Crippen MR) is 163 cm³/mol. The molecule has 238 valence electrons. The monoisotopic (exact) mass is 714 g/mol. The molecule has 0 spiro atoms. The number of thiazole rings is 1. The van der Waals surface area contributed by atoms with E-state index >= 15 is 0 Å². The first-order chi connectivity index (χ1) is 20.7. The van der Waals surface area contributed by atoms with Gasteiger partial charge in [0.25, 0.3) is 0 Å². The van der Waals surface area contributed by atoms with Gasteiger partial charge in [-0.1, -0.05) is 6.07 Å². The van der Waals surface area contributed by atoms with Gasteiger partial charge in [-0.2, -0.15) is 0 Å². The first kappa shape index (κ1) is 32.6. The molecule has 1 aliphatic carbocycles. The molecule has 0 bridgehead atoms. The summed E-state index contributed by atoms with van der Waals surface area (Å²) in [6.07, 6.45) is 2.79. The Morgan fingerprint density at radius 1 is 1.16 bits per heavy atom. The van der Waals surface area contributed by atoms with Gasteiger partial charge in [-0.3, -0.25) is 9.79 Å². The average molecular weight is 716 g/mol. The van der Waals surface area contributed by atoms with Crippen molar-refractivity contribution in [3.05, 3.63) is 61.7 Å². The van der Waals surface area contributed by atoms with Crippen LogP contribution in [0.1, 0.15) is 63.1 Å². The van der Waals surface area contributed by atoms with Crippen LogP contribution in [0.2, 0.25) is 0 Å². The van der Waals surface area contributed by atoms with Crippen molar-refractivity contribution < 1.29 is 36.3 Å². The minimum atomic E-state index is -3.66. The summed E-state index contributed by atoms with van der Waals surface area (Å²) < 4.78 is 67.4. The standard InChI is InChI=1S/C29H33BrF2N4O6S2/c1-29(2,3)42-27(37)16-13-17(14-16)44(39,40)36-10-7-15(8-11-36)23-20(28(38)41-4)24(18-5-6-19(31)22(32)21(18)30)35-25(34-23)26-33-9-12-43-26/h5-6,9,12,15-17,24H,7-8,10-11,13-14H2,1-4H3,(H,34,35)/t16-,17-,24?. The summed E-state index contributed by atoms with van der Waals surface area (Å²) in [6.45, 7) is 5.71. The van der Waals surface area contributed by atoms with Crippen LogP contribution in [0.5, 0.6) is 0 Å². The third-order valence-electron chi connectivity index (χ3n) is 7.95. The van der Waals surface area contributed by atoms with Crippen molar-refractivity contribution in [3.63, 3.8) is 0 Å². The van der Waals surface area contributed by atoms with E-state index in [1.165, 1.54) is 28.8 Å². The number of piperidine rings is 1. The van der Waals surface area contributed by atoms with Crippen molar-refractivity contribution in [2.75, 3.05) is 20.2 Å². The minimum absolute atomic E-state index is 0.125. The third-order valence-corrected chi connectivity index (χ3v) is 11.9. The number of sulfonamides is 1. The highest BCUT2D eigenvalue weighted by atomic mass is 79.9. The van der Waals surface area contributed by atoms with E-state index in [2.05, 4.69) is 26.2 Å². The number of halogens is 3. The van der Waals surface area contributed by atoms with Gasteiger partial charge < -0.3 is 14.8 Å². The van der Waals surface area contributed by atoms with E-state index in [0.717, 1.165) is 6.07 Å². The largest absolute Gasteiger partial charge is 0.466 e. The number of amidine groups is 1. The molecule has 5 rings (SSSR count). The van der Waals surface area contributed by atoms with Crippen LogP contribution in [0.15, 0.2) is 44.4 Å². The lowest BCUT2D eigenvalue weighted by Gasteiger charge is -2.40. The van der Waals surface area contributed by atoms with Crippen molar-refractivity contribution in [2.45, 2.75) is 63.3 Å². The van der Waals surface area contributed by atoms with Gasteiger partial charge in [0.2, 0.25) is 10.0 Å². The minimum Gasteiger partial charge on any atom is -0.466 e. The van der Waals surface area contributed by atoms with Crippen LogP contribution >= 0.6 is 27.3 Å². The molecule has 1 saturated heterocycles. The summed E-state index contributed by atoms with van der Waals surface area (Å²) in [5.74, 6) is -3.64. The number of aliphatic imine (C=N–C) groups is 1. The Kier molecular flexibility index (Phi) is 9.32. The summed E-state index contributed by atoms with van der Waals surface area (Å²) in [5, 5.41) is 4.88. The molecule has 2 fully saturated rings. The van der Waals surface area contributed by atoms with E-state index in [1.54, 1.807) is 32.3 Å². The number of nitrogens with one attached hydrogen (secondary N) is 1. The Bertz CT molecular complexity index is 1610. The highest BCUT2D eigenvalue weighted by molar-refractivity contribution is 9.10.